The highest BCUT2D eigenvalue weighted by atomic mass is 32.2. The van der Waals surface area contributed by atoms with Gasteiger partial charge < -0.3 is 9.47 Å². The van der Waals surface area contributed by atoms with Gasteiger partial charge in [0.1, 0.15) is 0 Å². The number of rotatable bonds is 6. The molecule has 0 bridgehead atoms. The number of sulfonamides is 1. The van der Waals surface area contributed by atoms with E-state index in [4.69, 9.17) is 0 Å². The van der Waals surface area contributed by atoms with Crippen molar-refractivity contribution in [1.82, 2.24) is 19.2 Å². The molecule has 2 heterocycles. The fourth-order valence-electron chi connectivity index (χ4n) is 3.63. The van der Waals surface area contributed by atoms with Crippen molar-refractivity contribution in [3.8, 4) is 0 Å². The molecule has 0 radical (unpaired) electrons. The Bertz CT molecular complexity index is 611. The monoisotopic (exact) mass is 326 g/mol. The minimum absolute atomic E-state index is 0.213. The SMILES string of the molecule is CNS(=O)(=O)CCCN1CC[C@@H](n2cnc3c2CCCC3)C1. The third kappa shape index (κ3) is 3.52. The molecule has 6 nitrogen and oxygen atoms in total. The zero-order valence-electron chi connectivity index (χ0n) is 13.3. The van der Waals surface area contributed by atoms with E-state index in [1.807, 2.05) is 6.33 Å². The number of nitrogens with one attached hydrogen (secondary N) is 1. The van der Waals surface area contributed by atoms with Gasteiger partial charge in [-0.1, -0.05) is 0 Å². The number of imidazole rings is 1. The highest BCUT2D eigenvalue weighted by Crippen LogP contribution is 2.28. The summed E-state index contributed by atoms with van der Waals surface area (Å²) < 4.78 is 27.6. The minimum atomic E-state index is -3.07. The molecular weight excluding hydrogens is 300 g/mol. The Kier molecular flexibility index (Phi) is 4.84. The predicted octanol–water partition coefficient (Wildman–Crippen LogP) is 0.948. The van der Waals surface area contributed by atoms with Crippen LogP contribution >= 0.6 is 0 Å². The van der Waals surface area contributed by atoms with Crippen LogP contribution in [0.15, 0.2) is 6.33 Å². The Balaban J connectivity index is 1.53. The first kappa shape index (κ1) is 16.0. The molecule has 0 unspecified atom stereocenters. The molecule has 124 valence electrons. The van der Waals surface area contributed by atoms with Crippen molar-refractivity contribution in [1.29, 1.82) is 0 Å². The number of aryl methyl sites for hydroxylation is 1. The maximum absolute atomic E-state index is 11.4. The summed E-state index contributed by atoms with van der Waals surface area (Å²) in [6.07, 6.45) is 8.68. The number of hydrogen-bond acceptors (Lipinski definition) is 4. The number of likely N-dealkylation sites (tertiary alicyclic amines) is 1. The van der Waals surface area contributed by atoms with Gasteiger partial charge >= 0.3 is 0 Å². The van der Waals surface area contributed by atoms with Crippen molar-refractivity contribution in [3.63, 3.8) is 0 Å². The average Bonchev–Trinajstić information content (AvgIpc) is 3.13. The Morgan fingerprint density at radius 3 is 3.00 bits per heavy atom. The second kappa shape index (κ2) is 6.68. The average molecular weight is 326 g/mol. The van der Waals surface area contributed by atoms with E-state index in [2.05, 4.69) is 19.2 Å². The summed E-state index contributed by atoms with van der Waals surface area (Å²) >= 11 is 0. The zero-order valence-corrected chi connectivity index (χ0v) is 14.1. The lowest BCUT2D eigenvalue weighted by molar-refractivity contribution is 0.323. The lowest BCUT2D eigenvalue weighted by atomic mass is 10.0. The van der Waals surface area contributed by atoms with Gasteiger partial charge in [0.2, 0.25) is 10.0 Å². The molecule has 1 atom stereocenters. The number of hydrogen-bond donors (Lipinski definition) is 1. The largest absolute Gasteiger partial charge is 0.330 e. The molecule has 0 saturated carbocycles. The van der Waals surface area contributed by atoms with Crippen molar-refractivity contribution < 1.29 is 8.42 Å². The van der Waals surface area contributed by atoms with Gasteiger partial charge in [-0.2, -0.15) is 0 Å². The maximum atomic E-state index is 11.4. The summed E-state index contributed by atoms with van der Waals surface area (Å²) in [6.45, 7) is 2.92. The molecule has 3 rings (SSSR count). The van der Waals surface area contributed by atoms with E-state index < -0.39 is 10.0 Å². The van der Waals surface area contributed by atoms with E-state index >= 15 is 0 Å². The molecule has 1 fully saturated rings. The maximum Gasteiger partial charge on any atom is 0.211 e. The van der Waals surface area contributed by atoms with Crippen molar-refractivity contribution in [2.75, 3.05) is 32.4 Å². The van der Waals surface area contributed by atoms with Crippen molar-refractivity contribution in [2.24, 2.45) is 0 Å². The smallest absolute Gasteiger partial charge is 0.211 e. The second-order valence-corrected chi connectivity index (χ2v) is 8.42. The van der Waals surface area contributed by atoms with Crippen LogP contribution < -0.4 is 4.72 Å². The topological polar surface area (TPSA) is 67.2 Å². The van der Waals surface area contributed by atoms with E-state index in [0.717, 1.165) is 38.9 Å². The normalized spacial score (nSPS) is 22.9. The quantitative estimate of drug-likeness (QED) is 0.845. The molecule has 2 aliphatic rings. The highest BCUT2D eigenvalue weighted by Gasteiger charge is 2.27. The number of aromatic nitrogens is 2. The first-order chi connectivity index (χ1) is 10.6. The van der Waals surface area contributed by atoms with Crippen LogP contribution in [0.5, 0.6) is 0 Å². The second-order valence-electron chi connectivity index (χ2n) is 6.37. The van der Waals surface area contributed by atoms with E-state index in [-0.39, 0.29) is 5.75 Å². The molecule has 22 heavy (non-hydrogen) atoms. The summed E-state index contributed by atoms with van der Waals surface area (Å²) in [6, 6.07) is 0.509. The van der Waals surface area contributed by atoms with Crippen LogP contribution in [-0.4, -0.2) is 55.3 Å². The molecular formula is C15H26N4O2S. The van der Waals surface area contributed by atoms with Gasteiger partial charge in [-0.05, 0) is 52.1 Å². The third-order valence-electron chi connectivity index (χ3n) is 4.90. The molecule has 1 aromatic rings. The van der Waals surface area contributed by atoms with Crippen molar-refractivity contribution in [3.05, 3.63) is 17.7 Å². The summed E-state index contributed by atoms with van der Waals surface area (Å²) in [5.74, 6) is 0.213. The summed E-state index contributed by atoms with van der Waals surface area (Å²) in [5, 5.41) is 0. The van der Waals surface area contributed by atoms with E-state index in [1.54, 1.807) is 0 Å². The fraction of sp³-hybridized carbons (Fsp3) is 0.800. The molecule has 1 aliphatic heterocycles. The highest BCUT2D eigenvalue weighted by molar-refractivity contribution is 7.89. The van der Waals surface area contributed by atoms with Crippen LogP contribution in [0.2, 0.25) is 0 Å². The summed E-state index contributed by atoms with van der Waals surface area (Å²) in [7, 11) is -1.60. The Morgan fingerprint density at radius 1 is 1.36 bits per heavy atom. The fourth-order valence-corrected chi connectivity index (χ4v) is 4.34. The van der Waals surface area contributed by atoms with Gasteiger partial charge in [-0.3, -0.25) is 0 Å². The first-order valence-electron chi connectivity index (χ1n) is 8.27. The van der Waals surface area contributed by atoms with Crippen LogP contribution in [0.25, 0.3) is 0 Å². The lowest BCUT2D eigenvalue weighted by Crippen LogP contribution is -2.27. The van der Waals surface area contributed by atoms with Gasteiger partial charge in [0.05, 0.1) is 17.8 Å². The Hall–Kier alpha value is -0.920. The third-order valence-corrected chi connectivity index (χ3v) is 6.35. The van der Waals surface area contributed by atoms with Gasteiger partial charge in [0.25, 0.3) is 0 Å². The number of fused-ring (bicyclic) bond motifs is 1. The molecule has 0 amide bonds. The van der Waals surface area contributed by atoms with Crippen molar-refractivity contribution in [2.45, 2.75) is 44.6 Å². The standard InChI is InChI=1S/C15H26N4O2S/c1-16-22(20,21)10-4-8-18-9-7-13(11-18)19-12-17-14-5-2-3-6-15(14)19/h12-13,16H,2-11H2,1H3/t13-/m1/s1. The van der Waals surface area contributed by atoms with E-state index in [9.17, 15) is 8.42 Å². The van der Waals surface area contributed by atoms with Crippen LogP contribution in [0, 0.1) is 0 Å². The van der Waals surface area contributed by atoms with Crippen LogP contribution in [0.3, 0.4) is 0 Å². The van der Waals surface area contributed by atoms with Gasteiger partial charge in [-0.15, -0.1) is 0 Å². The van der Waals surface area contributed by atoms with Gasteiger partial charge in [0.15, 0.2) is 0 Å². The minimum Gasteiger partial charge on any atom is -0.330 e. The lowest BCUT2D eigenvalue weighted by Gasteiger charge is -2.20. The molecule has 1 aliphatic carbocycles. The zero-order chi connectivity index (χ0) is 15.6. The summed E-state index contributed by atoms with van der Waals surface area (Å²) in [5.41, 5.74) is 2.74. The van der Waals surface area contributed by atoms with Crippen LogP contribution in [-0.2, 0) is 22.9 Å². The van der Waals surface area contributed by atoms with Crippen LogP contribution in [0.4, 0.5) is 0 Å². The summed E-state index contributed by atoms with van der Waals surface area (Å²) in [4.78, 5) is 6.97. The molecule has 0 spiro atoms. The van der Waals surface area contributed by atoms with Gasteiger partial charge in [0, 0.05) is 24.8 Å². The van der Waals surface area contributed by atoms with E-state index in [1.165, 1.54) is 31.3 Å². The van der Waals surface area contributed by atoms with Crippen LogP contribution in [0.1, 0.15) is 43.1 Å². The molecule has 0 aromatic carbocycles. The van der Waals surface area contributed by atoms with Gasteiger partial charge in [-0.25, -0.2) is 18.1 Å². The molecule has 1 aromatic heterocycles. The molecule has 1 N–H and O–H groups in total. The van der Waals surface area contributed by atoms with Crippen molar-refractivity contribution >= 4 is 10.0 Å². The first-order valence-corrected chi connectivity index (χ1v) is 9.92. The predicted molar refractivity (Wildman–Crippen MR) is 86.4 cm³/mol. The Morgan fingerprint density at radius 2 is 2.18 bits per heavy atom. The molecule has 7 heteroatoms. The van der Waals surface area contributed by atoms with E-state index in [0.29, 0.717) is 12.5 Å². The molecule has 1 saturated heterocycles. The Labute approximate surface area is 133 Å². The number of nitrogens with zero attached hydrogens (tertiary/aromatic N) is 3.